The van der Waals surface area contributed by atoms with E-state index in [0.29, 0.717) is 11.5 Å². The van der Waals surface area contributed by atoms with Gasteiger partial charge in [0.1, 0.15) is 28.3 Å². The lowest BCUT2D eigenvalue weighted by molar-refractivity contribution is 0.628. The van der Waals surface area contributed by atoms with Gasteiger partial charge >= 0.3 is 0 Å². The predicted octanol–water partition coefficient (Wildman–Crippen LogP) is 4.25. The number of halogens is 2. The number of rotatable bonds is 5. The van der Waals surface area contributed by atoms with E-state index in [-0.39, 0.29) is 5.82 Å². The molecule has 0 saturated heterocycles. The summed E-state index contributed by atoms with van der Waals surface area (Å²) < 4.78 is 14.0. The van der Waals surface area contributed by atoms with Gasteiger partial charge in [-0.15, -0.1) is 0 Å². The van der Waals surface area contributed by atoms with E-state index in [1.807, 2.05) is 6.92 Å². The molecule has 1 aromatic heterocycles. The first-order chi connectivity index (χ1) is 9.61. The van der Waals surface area contributed by atoms with Crippen LogP contribution in [0.25, 0.3) is 0 Å². The van der Waals surface area contributed by atoms with Crippen LogP contribution in [-0.2, 0) is 0 Å². The maximum Gasteiger partial charge on any atom is 0.150 e. The Morgan fingerprint density at radius 3 is 2.75 bits per heavy atom. The number of nitrogens with one attached hydrogen (secondary N) is 2. The minimum Gasteiger partial charge on any atom is -0.369 e. The first-order valence-corrected chi connectivity index (χ1v) is 7.18. The van der Waals surface area contributed by atoms with Crippen LogP contribution in [0.15, 0.2) is 29.0 Å². The topological polar surface area (TPSA) is 49.8 Å². The number of aromatic nitrogens is 2. The SMILES string of the molecule is CCCNc1ncnc(Nc2cc(F)ccc2C)c1Br. The molecule has 0 radical (unpaired) electrons. The monoisotopic (exact) mass is 338 g/mol. The molecule has 20 heavy (non-hydrogen) atoms. The zero-order valence-electron chi connectivity index (χ0n) is 11.4. The van der Waals surface area contributed by atoms with Crippen molar-refractivity contribution in [3.63, 3.8) is 0 Å². The van der Waals surface area contributed by atoms with E-state index in [1.165, 1.54) is 18.5 Å². The van der Waals surface area contributed by atoms with Gasteiger partial charge in [0.15, 0.2) is 0 Å². The molecule has 0 aliphatic heterocycles. The zero-order valence-corrected chi connectivity index (χ0v) is 13.0. The standard InChI is InChI=1S/C14H16BrFN4/c1-3-6-17-13-12(15)14(19-8-18-13)20-11-7-10(16)5-4-9(11)2/h4-5,7-8H,3,6H2,1-2H3,(H2,17,18,19,20). The van der Waals surface area contributed by atoms with Crippen molar-refractivity contribution in [3.8, 4) is 0 Å². The predicted molar refractivity (Wildman–Crippen MR) is 82.9 cm³/mol. The molecule has 2 N–H and O–H groups in total. The molecule has 0 bridgehead atoms. The highest BCUT2D eigenvalue weighted by Crippen LogP contribution is 2.30. The number of anilines is 3. The van der Waals surface area contributed by atoms with Crippen LogP contribution in [0.1, 0.15) is 18.9 Å². The first kappa shape index (κ1) is 14.7. The molecule has 106 valence electrons. The Balaban J connectivity index is 2.27. The maximum atomic E-state index is 13.3. The molecule has 0 amide bonds. The third-order valence-corrected chi connectivity index (χ3v) is 3.54. The molecule has 1 heterocycles. The van der Waals surface area contributed by atoms with Crippen LogP contribution >= 0.6 is 15.9 Å². The molecule has 6 heteroatoms. The van der Waals surface area contributed by atoms with Crippen molar-refractivity contribution in [2.24, 2.45) is 0 Å². The van der Waals surface area contributed by atoms with Crippen molar-refractivity contribution in [1.82, 2.24) is 9.97 Å². The fraction of sp³-hybridized carbons (Fsp3) is 0.286. The van der Waals surface area contributed by atoms with Gasteiger partial charge in [-0.1, -0.05) is 13.0 Å². The van der Waals surface area contributed by atoms with Gasteiger partial charge in [-0.3, -0.25) is 0 Å². The van der Waals surface area contributed by atoms with E-state index < -0.39 is 0 Å². The Morgan fingerprint density at radius 2 is 2.00 bits per heavy atom. The third kappa shape index (κ3) is 3.45. The highest BCUT2D eigenvalue weighted by Gasteiger charge is 2.10. The molecule has 0 saturated carbocycles. The Morgan fingerprint density at radius 1 is 1.25 bits per heavy atom. The highest BCUT2D eigenvalue weighted by atomic mass is 79.9. The molecular weight excluding hydrogens is 323 g/mol. The van der Waals surface area contributed by atoms with Crippen LogP contribution in [-0.4, -0.2) is 16.5 Å². The molecular formula is C14H16BrFN4. The van der Waals surface area contributed by atoms with E-state index >= 15 is 0 Å². The van der Waals surface area contributed by atoms with Crippen LogP contribution in [0.2, 0.25) is 0 Å². The van der Waals surface area contributed by atoms with Crippen LogP contribution in [0.3, 0.4) is 0 Å². The van der Waals surface area contributed by atoms with Crippen LogP contribution < -0.4 is 10.6 Å². The number of aryl methyl sites for hydroxylation is 1. The van der Waals surface area contributed by atoms with Gasteiger partial charge in [0.05, 0.1) is 0 Å². The van der Waals surface area contributed by atoms with Crippen molar-refractivity contribution in [3.05, 3.63) is 40.4 Å². The fourth-order valence-electron chi connectivity index (χ4n) is 1.68. The smallest absolute Gasteiger partial charge is 0.150 e. The van der Waals surface area contributed by atoms with E-state index in [0.717, 1.165) is 28.8 Å². The van der Waals surface area contributed by atoms with E-state index in [4.69, 9.17) is 0 Å². The Bertz CT molecular complexity index is 604. The van der Waals surface area contributed by atoms with Crippen LogP contribution in [0.4, 0.5) is 21.7 Å². The minimum absolute atomic E-state index is 0.285. The lowest BCUT2D eigenvalue weighted by Gasteiger charge is -2.13. The quantitative estimate of drug-likeness (QED) is 0.855. The summed E-state index contributed by atoms with van der Waals surface area (Å²) >= 11 is 3.47. The average molecular weight is 339 g/mol. The molecule has 4 nitrogen and oxygen atoms in total. The van der Waals surface area contributed by atoms with Gasteiger partial charge in [-0.2, -0.15) is 0 Å². The fourth-order valence-corrected chi connectivity index (χ4v) is 2.12. The number of hydrogen-bond donors (Lipinski definition) is 2. The van der Waals surface area contributed by atoms with Gasteiger partial charge in [0.25, 0.3) is 0 Å². The van der Waals surface area contributed by atoms with Crippen molar-refractivity contribution in [1.29, 1.82) is 0 Å². The van der Waals surface area contributed by atoms with Crippen molar-refractivity contribution in [2.45, 2.75) is 20.3 Å². The summed E-state index contributed by atoms with van der Waals surface area (Å²) in [4.78, 5) is 8.36. The van der Waals surface area contributed by atoms with Crippen LogP contribution in [0, 0.1) is 12.7 Å². The van der Waals surface area contributed by atoms with Gasteiger partial charge in [0, 0.05) is 12.2 Å². The van der Waals surface area contributed by atoms with Crippen molar-refractivity contribution >= 4 is 33.3 Å². The van der Waals surface area contributed by atoms with Gasteiger partial charge in [-0.05, 0) is 47.0 Å². The molecule has 0 unspecified atom stereocenters. The van der Waals surface area contributed by atoms with Crippen molar-refractivity contribution in [2.75, 3.05) is 17.2 Å². The molecule has 0 aliphatic rings. The van der Waals surface area contributed by atoms with E-state index in [2.05, 4.69) is 43.5 Å². The highest BCUT2D eigenvalue weighted by molar-refractivity contribution is 9.10. The summed E-state index contributed by atoms with van der Waals surface area (Å²) in [6.07, 6.45) is 2.47. The number of nitrogens with zero attached hydrogens (tertiary/aromatic N) is 2. The Kier molecular flexibility index (Phi) is 4.89. The first-order valence-electron chi connectivity index (χ1n) is 6.39. The van der Waals surface area contributed by atoms with Gasteiger partial charge in [0.2, 0.25) is 0 Å². The summed E-state index contributed by atoms with van der Waals surface area (Å²) in [5.74, 6) is 1.04. The van der Waals surface area contributed by atoms with Gasteiger partial charge < -0.3 is 10.6 Å². The van der Waals surface area contributed by atoms with Gasteiger partial charge in [-0.25, -0.2) is 14.4 Å². The number of benzene rings is 1. The molecule has 1 aromatic carbocycles. The van der Waals surface area contributed by atoms with Crippen molar-refractivity contribution < 1.29 is 4.39 Å². The Labute approximate surface area is 126 Å². The summed E-state index contributed by atoms with van der Waals surface area (Å²) in [7, 11) is 0. The normalized spacial score (nSPS) is 10.4. The molecule has 0 fully saturated rings. The second kappa shape index (κ2) is 6.65. The third-order valence-electron chi connectivity index (χ3n) is 2.78. The van der Waals surface area contributed by atoms with E-state index in [9.17, 15) is 4.39 Å². The molecule has 0 aliphatic carbocycles. The maximum absolute atomic E-state index is 13.3. The van der Waals surface area contributed by atoms with E-state index in [1.54, 1.807) is 6.07 Å². The number of hydrogen-bond acceptors (Lipinski definition) is 4. The summed E-state index contributed by atoms with van der Waals surface area (Å²) in [5, 5.41) is 6.32. The lowest BCUT2D eigenvalue weighted by atomic mass is 10.2. The lowest BCUT2D eigenvalue weighted by Crippen LogP contribution is -2.05. The summed E-state index contributed by atoms with van der Waals surface area (Å²) in [5.41, 5.74) is 1.63. The Hall–Kier alpha value is -1.69. The summed E-state index contributed by atoms with van der Waals surface area (Å²) in [6, 6.07) is 4.61. The second-order valence-electron chi connectivity index (χ2n) is 4.40. The second-order valence-corrected chi connectivity index (χ2v) is 5.19. The molecule has 2 rings (SSSR count). The summed E-state index contributed by atoms with van der Waals surface area (Å²) in [6.45, 7) is 4.82. The van der Waals surface area contributed by atoms with Crippen LogP contribution in [0.5, 0.6) is 0 Å². The minimum atomic E-state index is -0.285. The molecule has 0 atom stereocenters. The molecule has 2 aromatic rings. The average Bonchev–Trinajstić information content (AvgIpc) is 2.44. The largest absolute Gasteiger partial charge is 0.369 e. The zero-order chi connectivity index (χ0) is 14.5. The molecule has 0 spiro atoms.